The number of fused-ring (bicyclic) bond motifs is 1. The summed E-state index contributed by atoms with van der Waals surface area (Å²) in [7, 11) is 0. The van der Waals surface area contributed by atoms with E-state index in [9.17, 15) is 0 Å². The van der Waals surface area contributed by atoms with Gasteiger partial charge < -0.3 is 0 Å². The molecule has 0 spiro atoms. The van der Waals surface area contributed by atoms with E-state index in [0.29, 0.717) is 0 Å². The second-order valence-electron chi connectivity index (χ2n) is 4.43. The average Bonchev–Trinajstić information content (AvgIpc) is 2.45. The molecule has 0 fully saturated rings. The molecule has 0 radical (unpaired) electrons. The summed E-state index contributed by atoms with van der Waals surface area (Å²) in [5.74, 6) is 0. The van der Waals surface area contributed by atoms with Gasteiger partial charge in [0.1, 0.15) is 0 Å². The first-order chi connectivity index (χ1) is 6.09. The van der Waals surface area contributed by atoms with Crippen molar-refractivity contribution < 1.29 is 0 Å². The van der Waals surface area contributed by atoms with E-state index in [2.05, 4.69) is 36.8 Å². The maximum absolute atomic E-state index is 4.53. The first-order valence-electron chi connectivity index (χ1n) is 4.58. The lowest BCUT2D eigenvalue weighted by molar-refractivity contribution is 0.591. The Hall–Kier alpha value is -1.18. The molecule has 0 unspecified atom stereocenters. The summed E-state index contributed by atoms with van der Waals surface area (Å²) in [6.07, 6.45) is 1.84. The lowest BCUT2D eigenvalue weighted by atomic mass is 9.88. The van der Waals surface area contributed by atoms with Gasteiger partial charge in [0.25, 0.3) is 0 Å². The largest absolute Gasteiger partial charge is 0.282 e. The fourth-order valence-electron chi connectivity index (χ4n) is 1.61. The Balaban J connectivity index is 2.48. The third-order valence-electron chi connectivity index (χ3n) is 2.23. The van der Waals surface area contributed by atoms with Crippen molar-refractivity contribution in [1.29, 1.82) is 0 Å². The van der Waals surface area contributed by atoms with E-state index in [4.69, 9.17) is 0 Å². The SMILES string of the molecule is CC(C)(C)C1=NCc2cccnc21. The molecule has 0 amide bonds. The molecule has 1 aromatic rings. The van der Waals surface area contributed by atoms with Crippen LogP contribution in [0.1, 0.15) is 32.0 Å². The van der Waals surface area contributed by atoms with Gasteiger partial charge in [-0.25, -0.2) is 0 Å². The molecule has 1 aliphatic rings. The summed E-state index contributed by atoms with van der Waals surface area (Å²) >= 11 is 0. The Kier molecular flexibility index (Phi) is 1.72. The summed E-state index contributed by atoms with van der Waals surface area (Å²) in [4.78, 5) is 8.91. The van der Waals surface area contributed by atoms with Crippen LogP contribution >= 0.6 is 0 Å². The Morgan fingerprint density at radius 1 is 1.31 bits per heavy atom. The lowest BCUT2D eigenvalue weighted by Gasteiger charge is -2.18. The van der Waals surface area contributed by atoms with Gasteiger partial charge in [-0.05, 0) is 6.07 Å². The Morgan fingerprint density at radius 3 is 2.77 bits per heavy atom. The minimum absolute atomic E-state index is 0.111. The van der Waals surface area contributed by atoms with Crippen LogP contribution in [0.25, 0.3) is 0 Å². The number of nitrogens with zero attached hydrogens (tertiary/aromatic N) is 2. The summed E-state index contributed by atoms with van der Waals surface area (Å²) < 4.78 is 0. The molecular formula is C11H14N2. The molecule has 2 heterocycles. The number of aliphatic imine (C=N–C) groups is 1. The maximum Gasteiger partial charge on any atom is 0.0896 e. The van der Waals surface area contributed by atoms with Gasteiger partial charge in [0.05, 0.1) is 18.0 Å². The van der Waals surface area contributed by atoms with Crippen molar-refractivity contribution in [2.75, 3.05) is 0 Å². The molecule has 0 bridgehead atoms. The fourth-order valence-corrected chi connectivity index (χ4v) is 1.61. The zero-order valence-corrected chi connectivity index (χ0v) is 8.33. The van der Waals surface area contributed by atoms with Gasteiger partial charge in [0, 0.05) is 17.2 Å². The zero-order valence-electron chi connectivity index (χ0n) is 8.33. The van der Waals surface area contributed by atoms with E-state index in [1.165, 1.54) is 5.56 Å². The summed E-state index contributed by atoms with van der Waals surface area (Å²) in [5, 5.41) is 0. The molecule has 2 rings (SSSR count). The van der Waals surface area contributed by atoms with Crippen molar-refractivity contribution in [1.82, 2.24) is 4.98 Å². The molecular weight excluding hydrogens is 160 g/mol. The van der Waals surface area contributed by atoms with Crippen molar-refractivity contribution in [2.24, 2.45) is 10.4 Å². The van der Waals surface area contributed by atoms with Crippen molar-refractivity contribution in [3.8, 4) is 0 Å². The maximum atomic E-state index is 4.53. The number of aromatic nitrogens is 1. The molecule has 68 valence electrons. The molecule has 0 saturated heterocycles. The van der Waals surface area contributed by atoms with Crippen LogP contribution in [0.2, 0.25) is 0 Å². The van der Waals surface area contributed by atoms with Crippen LogP contribution in [0.4, 0.5) is 0 Å². The Labute approximate surface area is 78.7 Å². The summed E-state index contributed by atoms with van der Waals surface area (Å²) in [5.41, 5.74) is 3.60. The minimum Gasteiger partial charge on any atom is -0.282 e. The molecule has 0 aromatic carbocycles. The smallest absolute Gasteiger partial charge is 0.0896 e. The second kappa shape index (κ2) is 2.66. The lowest BCUT2D eigenvalue weighted by Crippen LogP contribution is -2.20. The first kappa shape index (κ1) is 8.42. The summed E-state index contributed by atoms with van der Waals surface area (Å²) in [6, 6.07) is 4.07. The Bertz CT molecular complexity index is 359. The number of hydrogen-bond donors (Lipinski definition) is 0. The minimum atomic E-state index is 0.111. The van der Waals surface area contributed by atoms with E-state index in [1.54, 1.807) is 0 Å². The highest BCUT2D eigenvalue weighted by molar-refractivity contribution is 6.05. The number of pyridine rings is 1. The predicted octanol–water partition coefficient (Wildman–Crippen LogP) is 2.43. The van der Waals surface area contributed by atoms with Crippen molar-refractivity contribution >= 4 is 5.71 Å². The van der Waals surface area contributed by atoms with Gasteiger partial charge in [-0.3, -0.25) is 9.98 Å². The highest BCUT2D eigenvalue weighted by atomic mass is 14.9. The topological polar surface area (TPSA) is 25.2 Å². The summed E-state index contributed by atoms with van der Waals surface area (Å²) in [6.45, 7) is 7.33. The molecule has 0 saturated carbocycles. The molecule has 1 aromatic heterocycles. The van der Waals surface area contributed by atoms with Gasteiger partial charge in [-0.15, -0.1) is 0 Å². The van der Waals surface area contributed by atoms with Crippen LogP contribution in [0, 0.1) is 5.41 Å². The highest BCUT2D eigenvalue weighted by Crippen LogP contribution is 2.27. The number of hydrogen-bond acceptors (Lipinski definition) is 2. The van der Waals surface area contributed by atoms with E-state index in [0.717, 1.165) is 18.0 Å². The number of rotatable bonds is 0. The van der Waals surface area contributed by atoms with Crippen LogP contribution in [-0.4, -0.2) is 10.7 Å². The third kappa shape index (κ3) is 1.37. The molecule has 0 atom stereocenters. The molecule has 0 aliphatic carbocycles. The van der Waals surface area contributed by atoms with Gasteiger partial charge in [0.2, 0.25) is 0 Å². The molecule has 2 nitrogen and oxygen atoms in total. The molecule has 13 heavy (non-hydrogen) atoms. The highest BCUT2D eigenvalue weighted by Gasteiger charge is 2.27. The van der Waals surface area contributed by atoms with Crippen LogP contribution in [0.15, 0.2) is 23.3 Å². The predicted molar refractivity (Wildman–Crippen MR) is 53.9 cm³/mol. The van der Waals surface area contributed by atoms with E-state index < -0.39 is 0 Å². The second-order valence-corrected chi connectivity index (χ2v) is 4.43. The fraction of sp³-hybridized carbons (Fsp3) is 0.455. The first-order valence-corrected chi connectivity index (χ1v) is 4.58. The van der Waals surface area contributed by atoms with Crippen molar-refractivity contribution in [2.45, 2.75) is 27.3 Å². The van der Waals surface area contributed by atoms with E-state index in [1.807, 2.05) is 12.3 Å². The normalized spacial score (nSPS) is 15.5. The van der Waals surface area contributed by atoms with Crippen LogP contribution in [-0.2, 0) is 6.54 Å². The molecule has 0 N–H and O–H groups in total. The van der Waals surface area contributed by atoms with Gasteiger partial charge in [-0.2, -0.15) is 0 Å². The Morgan fingerprint density at radius 2 is 2.08 bits per heavy atom. The van der Waals surface area contributed by atoms with Crippen LogP contribution < -0.4 is 0 Å². The standard InChI is InChI=1S/C11H14N2/c1-11(2,3)10-9-8(7-13-10)5-4-6-12-9/h4-6H,7H2,1-3H3. The van der Waals surface area contributed by atoms with Gasteiger partial charge in [0.15, 0.2) is 0 Å². The van der Waals surface area contributed by atoms with Crippen LogP contribution in [0.5, 0.6) is 0 Å². The molecule has 1 aliphatic heterocycles. The van der Waals surface area contributed by atoms with Crippen molar-refractivity contribution in [3.63, 3.8) is 0 Å². The van der Waals surface area contributed by atoms with Gasteiger partial charge >= 0.3 is 0 Å². The van der Waals surface area contributed by atoms with Gasteiger partial charge in [-0.1, -0.05) is 26.8 Å². The third-order valence-corrected chi connectivity index (χ3v) is 2.23. The van der Waals surface area contributed by atoms with E-state index >= 15 is 0 Å². The average molecular weight is 174 g/mol. The zero-order chi connectivity index (χ0) is 9.47. The monoisotopic (exact) mass is 174 g/mol. The van der Waals surface area contributed by atoms with Crippen molar-refractivity contribution in [3.05, 3.63) is 29.6 Å². The quantitative estimate of drug-likeness (QED) is 0.593. The molecule has 2 heteroatoms. The van der Waals surface area contributed by atoms with Crippen LogP contribution in [0.3, 0.4) is 0 Å². The van der Waals surface area contributed by atoms with E-state index in [-0.39, 0.29) is 5.41 Å².